The molecule has 2 nitrogen and oxygen atoms in total. The van der Waals surface area contributed by atoms with Gasteiger partial charge in [0.15, 0.2) is 0 Å². The maximum Gasteiger partial charge on any atom is 0.132 e. The second-order valence-corrected chi connectivity index (χ2v) is 1.48. The van der Waals surface area contributed by atoms with E-state index in [0.717, 1.165) is 0 Å². The molecule has 0 rings (SSSR count). The molecule has 0 aliphatic heterocycles. The van der Waals surface area contributed by atoms with Gasteiger partial charge in [-0.15, -0.1) is 17.5 Å². The van der Waals surface area contributed by atoms with Gasteiger partial charge < -0.3 is 0 Å². The van der Waals surface area contributed by atoms with Crippen LogP contribution in [0.5, 0.6) is 0 Å². The van der Waals surface area contributed by atoms with Crippen molar-refractivity contribution in [3.8, 4) is 0 Å². The maximum absolute atomic E-state index is 9.18. The Morgan fingerprint density at radius 1 is 2.00 bits per heavy atom. The molecule has 0 heterocycles. The topological polar surface area (TPSA) is 29.4 Å². The van der Waals surface area contributed by atoms with Crippen LogP contribution in [0.15, 0.2) is 5.18 Å². The zero-order chi connectivity index (χ0) is 4.28. The SMILES string of the molecule is CC(S)N=O. The summed E-state index contributed by atoms with van der Waals surface area (Å²) in [5.41, 5.74) is 0. The number of nitrogens with zero attached hydrogens (tertiary/aromatic N) is 1. The minimum atomic E-state index is -0.352. The van der Waals surface area contributed by atoms with E-state index in [1.165, 1.54) is 0 Å². The van der Waals surface area contributed by atoms with Gasteiger partial charge in [0.05, 0.1) is 0 Å². The molecule has 1 unspecified atom stereocenters. The summed E-state index contributed by atoms with van der Waals surface area (Å²) in [5, 5.41) is 2.15. The first-order chi connectivity index (χ1) is 2.27. The summed E-state index contributed by atoms with van der Waals surface area (Å²) >= 11 is 3.62. The average Bonchev–Trinajstić information content (AvgIpc) is 1.38. The Balaban J connectivity index is 2.83. The average molecular weight is 91.1 g/mol. The molecule has 5 heavy (non-hydrogen) atoms. The van der Waals surface area contributed by atoms with Crippen LogP contribution in [-0.2, 0) is 0 Å². The molecule has 0 saturated heterocycles. The van der Waals surface area contributed by atoms with E-state index in [2.05, 4.69) is 17.8 Å². The smallest absolute Gasteiger partial charge is 0.132 e. The van der Waals surface area contributed by atoms with Crippen LogP contribution >= 0.6 is 12.6 Å². The fraction of sp³-hybridized carbons (Fsp3) is 1.00. The van der Waals surface area contributed by atoms with Crippen molar-refractivity contribution < 1.29 is 0 Å². The van der Waals surface area contributed by atoms with Crippen molar-refractivity contribution >= 4 is 12.6 Å². The van der Waals surface area contributed by atoms with E-state index in [1.807, 2.05) is 0 Å². The lowest BCUT2D eigenvalue weighted by atomic mass is 10.8. The third-order valence-electron chi connectivity index (χ3n) is 0.153. The predicted molar refractivity (Wildman–Crippen MR) is 24.2 cm³/mol. The number of hydrogen-bond donors (Lipinski definition) is 1. The highest BCUT2D eigenvalue weighted by Crippen LogP contribution is 1.88. The highest BCUT2D eigenvalue weighted by Gasteiger charge is 1.81. The van der Waals surface area contributed by atoms with E-state index in [-0.39, 0.29) is 5.37 Å². The number of thiol groups is 1. The van der Waals surface area contributed by atoms with Gasteiger partial charge in [-0.1, -0.05) is 5.18 Å². The molecule has 3 heteroatoms. The van der Waals surface area contributed by atoms with Crippen LogP contribution in [0, 0.1) is 4.91 Å². The van der Waals surface area contributed by atoms with E-state index < -0.39 is 0 Å². The predicted octanol–water partition coefficient (Wildman–Crippen LogP) is 1.03. The Labute approximate surface area is 36.0 Å². The Bertz CT molecular complexity index is 36.6. The largest absolute Gasteiger partial charge is 0.150 e. The van der Waals surface area contributed by atoms with Crippen LogP contribution in [0.4, 0.5) is 0 Å². The lowest BCUT2D eigenvalue weighted by Gasteiger charge is -1.77. The van der Waals surface area contributed by atoms with Crippen LogP contribution < -0.4 is 0 Å². The monoisotopic (exact) mass is 91.0 g/mol. The minimum absolute atomic E-state index is 0.352. The second-order valence-electron chi connectivity index (χ2n) is 0.737. The molecule has 0 N–H and O–H groups in total. The van der Waals surface area contributed by atoms with Crippen molar-refractivity contribution in [2.75, 3.05) is 0 Å². The molecule has 0 aliphatic carbocycles. The molecule has 0 amide bonds. The molecule has 0 fully saturated rings. The quantitative estimate of drug-likeness (QED) is 0.379. The van der Waals surface area contributed by atoms with Gasteiger partial charge in [0.2, 0.25) is 0 Å². The molecule has 0 saturated carbocycles. The lowest BCUT2D eigenvalue weighted by molar-refractivity contribution is 1.04. The van der Waals surface area contributed by atoms with Crippen molar-refractivity contribution in [3.05, 3.63) is 4.91 Å². The highest BCUT2D eigenvalue weighted by atomic mass is 32.1. The van der Waals surface area contributed by atoms with E-state index in [1.54, 1.807) is 6.92 Å². The van der Waals surface area contributed by atoms with Crippen molar-refractivity contribution in [3.63, 3.8) is 0 Å². The second kappa shape index (κ2) is 2.20. The van der Waals surface area contributed by atoms with Gasteiger partial charge in [-0.25, -0.2) is 0 Å². The Kier molecular flexibility index (Phi) is 2.18. The summed E-state index contributed by atoms with van der Waals surface area (Å²) in [5.74, 6) is 0. The van der Waals surface area contributed by atoms with Crippen LogP contribution in [0.1, 0.15) is 6.92 Å². The van der Waals surface area contributed by atoms with Crippen molar-refractivity contribution in [1.82, 2.24) is 0 Å². The third kappa shape index (κ3) is 3.95. The molecular weight excluding hydrogens is 86.1 g/mol. The molecule has 0 bridgehead atoms. The summed E-state index contributed by atoms with van der Waals surface area (Å²) in [6, 6.07) is 0. The lowest BCUT2D eigenvalue weighted by Crippen LogP contribution is -1.75. The summed E-state index contributed by atoms with van der Waals surface area (Å²) in [7, 11) is 0. The van der Waals surface area contributed by atoms with Gasteiger partial charge in [-0.05, 0) is 6.92 Å². The summed E-state index contributed by atoms with van der Waals surface area (Å²) in [6.07, 6.45) is 0. The van der Waals surface area contributed by atoms with Crippen molar-refractivity contribution in [1.29, 1.82) is 0 Å². The first-order valence-corrected chi connectivity index (χ1v) is 1.79. The van der Waals surface area contributed by atoms with Gasteiger partial charge in [0.25, 0.3) is 0 Å². The Morgan fingerprint density at radius 3 is 2.20 bits per heavy atom. The number of rotatable bonds is 1. The van der Waals surface area contributed by atoms with Crippen LogP contribution in [0.2, 0.25) is 0 Å². The highest BCUT2D eigenvalue weighted by molar-refractivity contribution is 7.80. The third-order valence-corrected chi connectivity index (χ3v) is 0.247. The van der Waals surface area contributed by atoms with Gasteiger partial charge in [-0.2, -0.15) is 0 Å². The van der Waals surface area contributed by atoms with Gasteiger partial charge >= 0.3 is 0 Å². The zero-order valence-electron chi connectivity index (χ0n) is 2.88. The number of hydrogen-bond acceptors (Lipinski definition) is 3. The first kappa shape index (κ1) is 4.95. The maximum atomic E-state index is 9.18. The summed E-state index contributed by atoms with van der Waals surface area (Å²) < 4.78 is 0. The van der Waals surface area contributed by atoms with E-state index >= 15 is 0 Å². The first-order valence-electron chi connectivity index (χ1n) is 1.28. The standard InChI is InChI=1S/C2H5NOS/c1-2(5)3-4/h2,5H,1H3. The number of nitroso groups, excluding NO2 is 1. The fourth-order valence-electron chi connectivity index (χ4n) is 0. The van der Waals surface area contributed by atoms with Crippen LogP contribution in [0.3, 0.4) is 0 Å². The molecule has 0 aliphatic rings. The minimum Gasteiger partial charge on any atom is -0.150 e. The van der Waals surface area contributed by atoms with Gasteiger partial charge in [0.1, 0.15) is 5.37 Å². The summed E-state index contributed by atoms with van der Waals surface area (Å²) in [6.45, 7) is 1.61. The molecule has 0 aromatic rings. The van der Waals surface area contributed by atoms with Crippen LogP contribution in [-0.4, -0.2) is 5.37 Å². The van der Waals surface area contributed by atoms with E-state index in [0.29, 0.717) is 0 Å². The van der Waals surface area contributed by atoms with E-state index in [9.17, 15) is 4.91 Å². The molecule has 0 radical (unpaired) electrons. The van der Waals surface area contributed by atoms with E-state index in [4.69, 9.17) is 0 Å². The van der Waals surface area contributed by atoms with Gasteiger partial charge in [-0.3, -0.25) is 0 Å². The zero-order valence-corrected chi connectivity index (χ0v) is 3.77. The molecular formula is C2H5NOS. The Morgan fingerprint density at radius 2 is 2.20 bits per heavy atom. The molecule has 30 valence electrons. The van der Waals surface area contributed by atoms with Crippen LogP contribution in [0.25, 0.3) is 0 Å². The molecule has 0 spiro atoms. The summed E-state index contributed by atoms with van der Waals surface area (Å²) in [4.78, 5) is 9.18. The fourth-order valence-corrected chi connectivity index (χ4v) is 0. The van der Waals surface area contributed by atoms with Gasteiger partial charge in [0, 0.05) is 0 Å². The molecule has 0 aromatic carbocycles. The normalized spacial score (nSPS) is 14.0. The van der Waals surface area contributed by atoms with Crippen molar-refractivity contribution in [2.24, 2.45) is 5.18 Å². The Hall–Kier alpha value is -0.0500. The van der Waals surface area contributed by atoms with Crippen molar-refractivity contribution in [2.45, 2.75) is 12.3 Å². The molecule has 0 aromatic heterocycles. The molecule has 1 atom stereocenters.